The van der Waals surface area contributed by atoms with Crippen molar-refractivity contribution in [2.24, 2.45) is 5.92 Å². The summed E-state index contributed by atoms with van der Waals surface area (Å²) in [6, 6.07) is 13.8. The van der Waals surface area contributed by atoms with Crippen molar-refractivity contribution in [3.8, 4) is 5.75 Å². The fraction of sp³-hybridized carbons (Fsp3) is 0.483. The van der Waals surface area contributed by atoms with Gasteiger partial charge in [-0.05, 0) is 54.7 Å². The first-order valence-electron chi connectivity index (χ1n) is 13.5. The number of benzene rings is 2. The van der Waals surface area contributed by atoms with Crippen LogP contribution >= 0.6 is 23.4 Å². The molecule has 0 radical (unpaired) electrons. The van der Waals surface area contributed by atoms with E-state index in [2.05, 4.69) is 64.8 Å². The zero-order chi connectivity index (χ0) is 27.9. The first-order chi connectivity index (χ1) is 18.7. The van der Waals surface area contributed by atoms with E-state index in [1.54, 1.807) is 6.07 Å². The molecule has 210 valence electrons. The molecule has 8 nitrogen and oxygen atoms in total. The Morgan fingerprint density at radius 1 is 1.08 bits per heavy atom. The lowest BCUT2D eigenvalue weighted by Gasteiger charge is -2.29. The minimum atomic E-state index is -0.295. The first-order valence-corrected chi connectivity index (χ1v) is 14.8. The number of amides is 1. The van der Waals surface area contributed by atoms with Gasteiger partial charge in [0.05, 0.1) is 29.7 Å². The molecule has 1 fully saturated rings. The SMILES string of the molecule is CC(C)Cn1c(SCC(=O)Nc2ccc(N3CCOCC3)c(Cl)c2)nnc1C(C)Oc1ccc(C(C)C)cc1. The summed E-state index contributed by atoms with van der Waals surface area (Å²) < 4.78 is 13.7. The largest absolute Gasteiger partial charge is 0.483 e. The summed E-state index contributed by atoms with van der Waals surface area (Å²) in [5.74, 6) is 2.44. The van der Waals surface area contributed by atoms with E-state index in [0.29, 0.717) is 40.9 Å². The molecule has 0 aliphatic carbocycles. The van der Waals surface area contributed by atoms with E-state index in [0.717, 1.165) is 36.9 Å². The predicted molar refractivity (Wildman–Crippen MR) is 158 cm³/mol. The van der Waals surface area contributed by atoms with Crippen LogP contribution in [0.1, 0.15) is 58.0 Å². The van der Waals surface area contributed by atoms with Crippen LogP contribution in [0, 0.1) is 5.92 Å². The third kappa shape index (κ3) is 7.90. The molecule has 1 atom stereocenters. The number of ether oxygens (including phenoxy) is 2. The summed E-state index contributed by atoms with van der Waals surface area (Å²) in [5, 5.41) is 13.1. The monoisotopic (exact) mass is 571 g/mol. The Morgan fingerprint density at radius 2 is 1.79 bits per heavy atom. The summed E-state index contributed by atoms with van der Waals surface area (Å²) in [5.41, 5.74) is 2.89. The van der Waals surface area contributed by atoms with Gasteiger partial charge in [0.15, 0.2) is 17.1 Å². The van der Waals surface area contributed by atoms with Crippen LogP contribution in [0.25, 0.3) is 0 Å². The van der Waals surface area contributed by atoms with Gasteiger partial charge >= 0.3 is 0 Å². The van der Waals surface area contributed by atoms with E-state index in [-0.39, 0.29) is 17.8 Å². The Morgan fingerprint density at radius 3 is 2.44 bits per heavy atom. The lowest BCUT2D eigenvalue weighted by atomic mass is 10.0. The quantitative estimate of drug-likeness (QED) is 0.266. The van der Waals surface area contributed by atoms with Gasteiger partial charge in [-0.15, -0.1) is 10.2 Å². The Bertz CT molecular complexity index is 1240. The standard InChI is InChI=1S/C29H38ClN5O3S/c1-19(2)17-35-28(21(5)38-24-9-6-22(7-10-24)20(3)4)32-33-29(35)39-18-27(36)31-23-8-11-26(25(30)16-23)34-12-14-37-15-13-34/h6-11,16,19-21H,12-15,17-18H2,1-5H3,(H,31,36). The molecule has 1 N–H and O–H groups in total. The summed E-state index contributed by atoms with van der Waals surface area (Å²) in [4.78, 5) is 15.0. The van der Waals surface area contributed by atoms with Gasteiger partial charge in [0, 0.05) is 25.3 Å². The fourth-order valence-electron chi connectivity index (χ4n) is 4.40. The van der Waals surface area contributed by atoms with Crippen molar-refractivity contribution in [2.75, 3.05) is 42.3 Å². The van der Waals surface area contributed by atoms with Crippen molar-refractivity contribution in [1.29, 1.82) is 0 Å². The molecule has 1 unspecified atom stereocenters. The molecule has 2 aromatic carbocycles. The fourth-order valence-corrected chi connectivity index (χ4v) is 5.46. The summed E-state index contributed by atoms with van der Waals surface area (Å²) >= 11 is 7.89. The molecular weight excluding hydrogens is 534 g/mol. The normalized spacial score (nSPS) is 14.6. The number of anilines is 2. The third-order valence-electron chi connectivity index (χ3n) is 6.43. The van der Waals surface area contributed by atoms with Gasteiger partial charge in [0.1, 0.15) is 5.75 Å². The van der Waals surface area contributed by atoms with Gasteiger partial charge in [0.25, 0.3) is 0 Å². The minimum Gasteiger partial charge on any atom is -0.483 e. The number of nitrogens with one attached hydrogen (secondary N) is 1. The second kappa shape index (κ2) is 13.5. The summed E-state index contributed by atoms with van der Waals surface area (Å²) in [6.07, 6.45) is -0.295. The molecule has 1 amide bonds. The molecule has 0 bridgehead atoms. The minimum absolute atomic E-state index is 0.134. The van der Waals surface area contributed by atoms with E-state index in [1.165, 1.54) is 17.3 Å². The van der Waals surface area contributed by atoms with Crippen LogP contribution in [0.4, 0.5) is 11.4 Å². The first kappa shape index (κ1) is 29.2. The van der Waals surface area contributed by atoms with Gasteiger partial charge < -0.3 is 24.3 Å². The van der Waals surface area contributed by atoms with Crippen LogP contribution in [-0.4, -0.2) is 52.7 Å². The maximum Gasteiger partial charge on any atom is 0.234 e. The molecule has 3 aromatic rings. The lowest BCUT2D eigenvalue weighted by molar-refractivity contribution is -0.113. The molecule has 1 aromatic heterocycles. The molecule has 1 aliphatic rings. The van der Waals surface area contributed by atoms with Gasteiger partial charge in [0.2, 0.25) is 5.91 Å². The van der Waals surface area contributed by atoms with Crippen LogP contribution < -0.4 is 15.0 Å². The molecule has 1 aliphatic heterocycles. The van der Waals surface area contributed by atoms with Crippen LogP contribution in [0.3, 0.4) is 0 Å². The Labute approximate surface area is 240 Å². The van der Waals surface area contributed by atoms with Gasteiger partial charge in [-0.25, -0.2) is 0 Å². The van der Waals surface area contributed by atoms with Gasteiger partial charge in [-0.2, -0.15) is 0 Å². The number of halogens is 1. The van der Waals surface area contributed by atoms with E-state index < -0.39 is 0 Å². The van der Waals surface area contributed by atoms with E-state index in [9.17, 15) is 4.79 Å². The van der Waals surface area contributed by atoms with Crippen LogP contribution in [0.2, 0.25) is 5.02 Å². The van der Waals surface area contributed by atoms with Crippen LogP contribution in [0.5, 0.6) is 5.75 Å². The smallest absolute Gasteiger partial charge is 0.234 e. The second-order valence-electron chi connectivity index (χ2n) is 10.4. The van der Waals surface area contributed by atoms with E-state index in [4.69, 9.17) is 21.1 Å². The second-order valence-corrected chi connectivity index (χ2v) is 11.8. The highest BCUT2D eigenvalue weighted by Gasteiger charge is 2.21. The number of nitrogens with zero attached hydrogens (tertiary/aromatic N) is 4. The lowest BCUT2D eigenvalue weighted by Crippen LogP contribution is -2.36. The van der Waals surface area contributed by atoms with E-state index >= 15 is 0 Å². The maximum atomic E-state index is 12.8. The molecule has 0 saturated carbocycles. The number of carbonyl (C=O) groups is 1. The average Bonchev–Trinajstić information content (AvgIpc) is 3.30. The van der Waals surface area contributed by atoms with Gasteiger partial charge in [-0.1, -0.05) is 63.2 Å². The zero-order valence-electron chi connectivity index (χ0n) is 23.3. The summed E-state index contributed by atoms with van der Waals surface area (Å²) in [6.45, 7) is 14.3. The number of thioether (sulfide) groups is 1. The number of carbonyl (C=O) groups excluding carboxylic acids is 1. The van der Waals surface area contributed by atoms with Gasteiger partial charge in [-0.3, -0.25) is 4.79 Å². The number of hydrogen-bond acceptors (Lipinski definition) is 7. The van der Waals surface area contributed by atoms with Crippen molar-refractivity contribution in [1.82, 2.24) is 14.8 Å². The molecular formula is C29H38ClN5O3S. The highest BCUT2D eigenvalue weighted by molar-refractivity contribution is 7.99. The van der Waals surface area contributed by atoms with Crippen molar-refractivity contribution in [3.63, 3.8) is 0 Å². The van der Waals surface area contributed by atoms with Crippen molar-refractivity contribution < 1.29 is 14.3 Å². The third-order valence-corrected chi connectivity index (χ3v) is 7.70. The number of rotatable bonds is 11. The average molecular weight is 572 g/mol. The molecule has 0 spiro atoms. The molecule has 1 saturated heterocycles. The zero-order valence-corrected chi connectivity index (χ0v) is 24.9. The molecule has 4 rings (SSSR count). The number of hydrogen-bond donors (Lipinski definition) is 1. The Hall–Kier alpha value is -2.75. The molecule has 39 heavy (non-hydrogen) atoms. The van der Waals surface area contributed by atoms with Crippen molar-refractivity contribution in [3.05, 3.63) is 58.9 Å². The molecule has 2 heterocycles. The maximum absolute atomic E-state index is 12.8. The summed E-state index contributed by atoms with van der Waals surface area (Å²) in [7, 11) is 0. The highest BCUT2D eigenvalue weighted by atomic mass is 35.5. The topological polar surface area (TPSA) is 81.5 Å². The van der Waals surface area contributed by atoms with Crippen molar-refractivity contribution in [2.45, 2.75) is 58.3 Å². The Balaban J connectivity index is 1.38. The predicted octanol–water partition coefficient (Wildman–Crippen LogP) is 6.42. The van der Waals surface area contributed by atoms with Crippen LogP contribution in [0.15, 0.2) is 47.6 Å². The Kier molecular flexibility index (Phi) is 10.2. The van der Waals surface area contributed by atoms with Crippen molar-refractivity contribution >= 4 is 40.6 Å². The van der Waals surface area contributed by atoms with E-state index in [1.807, 2.05) is 31.2 Å². The molecule has 10 heteroatoms. The highest BCUT2D eigenvalue weighted by Crippen LogP contribution is 2.30. The number of aromatic nitrogens is 3. The van der Waals surface area contributed by atoms with Crippen LogP contribution in [-0.2, 0) is 16.1 Å². The number of morpholine rings is 1.